The SMILES string of the molecule is COOCC1=C(C)NC(C)=C(C(=O)OC)C1C1CCCCC1[N+](=O)[O-]. The topological polar surface area (TPSA) is 99.9 Å². The van der Waals surface area contributed by atoms with E-state index < -0.39 is 17.9 Å². The molecule has 0 radical (unpaired) electrons. The number of esters is 1. The van der Waals surface area contributed by atoms with Crippen LogP contribution in [-0.2, 0) is 19.3 Å². The smallest absolute Gasteiger partial charge is 0.336 e. The van der Waals surface area contributed by atoms with Crippen LogP contribution >= 0.6 is 0 Å². The van der Waals surface area contributed by atoms with E-state index in [0.717, 1.165) is 24.1 Å². The third-order valence-electron chi connectivity index (χ3n) is 5.17. The van der Waals surface area contributed by atoms with Crippen LogP contribution < -0.4 is 5.32 Å². The van der Waals surface area contributed by atoms with Gasteiger partial charge in [-0.15, -0.1) is 0 Å². The summed E-state index contributed by atoms with van der Waals surface area (Å²) in [5.41, 5.74) is 2.75. The summed E-state index contributed by atoms with van der Waals surface area (Å²) in [7, 11) is 2.73. The molecule has 1 saturated carbocycles. The Morgan fingerprint density at radius 3 is 2.52 bits per heavy atom. The molecule has 140 valence electrons. The summed E-state index contributed by atoms with van der Waals surface area (Å²) in [4.78, 5) is 33.7. The van der Waals surface area contributed by atoms with Gasteiger partial charge in [0, 0.05) is 34.6 Å². The second-order valence-corrected chi connectivity index (χ2v) is 6.51. The van der Waals surface area contributed by atoms with Gasteiger partial charge < -0.3 is 10.1 Å². The highest BCUT2D eigenvalue weighted by Crippen LogP contribution is 2.43. The van der Waals surface area contributed by atoms with Gasteiger partial charge in [0.15, 0.2) is 0 Å². The van der Waals surface area contributed by atoms with Crippen LogP contribution in [0.5, 0.6) is 0 Å². The van der Waals surface area contributed by atoms with Gasteiger partial charge in [-0.3, -0.25) is 10.1 Å². The molecule has 0 aromatic heterocycles. The van der Waals surface area contributed by atoms with E-state index in [1.807, 2.05) is 6.92 Å². The Morgan fingerprint density at radius 1 is 1.24 bits per heavy atom. The van der Waals surface area contributed by atoms with Gasteiger partial charge in [0.1, 0.15) is 6.61 Å². The number of nitrogens with one attached hydrogen (secondary N) is 1. The number of methoxy groups -OCH3 is 1. The van der Waals surface area contributed by atoms with E-state index >= 15 is 0 Å². The maximum absolute atomic E-state index is 12.4. The second-order valence-electron chi connectivity index (χ2n) is 6.51. The molecular weight excluding hydrogens is 328 g/mol. The van der Waals surface area contributed by atoms with Crippen molar-refractivity contribution >= 4 is 5.97 Å². The number of nitro groups is 1. The molecule has 3 atom stereocenters. The van der Waals surface area contributed by atoms with Crippen LogP contribution in [0.25, 0.3) is 0 Å². The number of carbonyl (C=O) groups is 1. The summed E-state index contributed by atoms with van der Waals surface area (Å²) in [5.74, 6) is -1.16. The van der Waals surface area contributed by atoms with Crippen LogP contribution in [0.1, 0.15) is 39.5 Å². The molecule has 2 aliphatic rings. The monoisotopic (exact) mass is 354 g/mol. The van der Waals surface area contributed by atoms with Crippen molar-refractivity contribution in [1.29, 1.82) is 0 Å². The number of nitrogens with zero attached hydrogens (tertiary/aromatic N) is 1. The third kappa shape index (κ3) is 4.01. The molecule has 2 rings (SSSR count). The molecule has 1 aliphatic heterocycles. The van der Waals surface area contributed by atoms with Crippen molar-refractivity contribution in [2.45, 2.75) is 45.6 Å². The number of rotatable bonds is 6. The lowest BCUT2D eigenvalue weighted by Crippen LogP contribution is -2.43. The first-order valence-electron chi connectivity index (χ1n) is 8.47. The minimum Gasteiger partial charge on any atom is -0.466 e. The largest absolute Gasteiger partial charge is 0.466 e. The van der Waals surface area contributed by atoms with Crippen molar-refractivity contribution in [2.24, 2.45) is 11.8 Å². The highest BCUT2D eigenvalue weighted by molar-refractivity contribution is 5.91. The zero-order valence-corrected chi connectivity index (χ0v) is 15.2. The van der Waals surface area contributed by atoms with E-state index in [9.17, 15) is 14.9 Å². The van der Waals surface area contributed by atoms with Crippen molar-refractivity contribution in [3.63, 3.8) is 0 Å². The van der Waals surface area contributed by atoms with E-state index in [1.54, 1.807) is 6.92 Å². The van der Waals surface area contributed by atoms with Crippen LogP contribution in [0.4, 0.5) is 0 Å². The molecule has 1 N–H and O–H groups in total. The van der Waals surface area contributed by atoms with Crippen LogP contribution in [-0.4, -0.2) is 37.8 Å². The van der Waals surface area contributed by atoms with Gasteiger partial charge in [-0.2, -0.15) is 0 Å². The van der Waals surface area contributed by atoms with E-state index in [1.165, 1.54) is 14.2 Å². The summed E-state index contributed by atoms with van der Waals surface area (Å²) in [6.45, 7) is 3.80. The maximum atomic E-state index is 12.4. The highest BCUT2D eigenvalue weighted by Gasteiger charge is 2.46. The summed E-state index contributed by atoms with van der Waals surface area (Å²) in [5, 5.41) is 14.8. The van der Waals surface area contributed by atoms with E-state index in [0.29, 0.717) is 24.1 Å². The molecule has 0 bridgehead atoms. The molecule has 0 aromatic rings. The number of hydrogen-bond acceptors (Lipinski definition) is 7. The fraction of sp³-hybridized carbons (Fsp3) is 0.706. The molecular formula is C17H26N2O6. The van der Waals surface area contributed by atoms with Gasteiger partial charge in [-0.05, 0) is 32.3 Å². The van der Waals surface area contributed by atoms with E-state index in [2.05, 4.69) is 5.32 Å². The Labute approximate surface area is 147 Å². The molecule has 1 aliphatic carbocycles. The second kappa shape index (κ2) is 8.44. The Balaban J connectivity index is 2.50. The predicted octanol–water partition coefficient (Wildman–Crippen LogP) is 2.34. The Hall–Kier alpha value is -1.93. The standard InChI is InChI=1S/C17H26N2O6/c1-10-13(9-25-24-4)16(15(11(2)18-10)17(20)23-3)12-7-5-6-8-14(12)19(21)22/h12,14,16,18H,5-9H2,1-4H3. The van der Waals surface area contributed by atoms with E-state index in [4.69, 9.17) is 14.5 Å². The van der Waals surface area contributed by atoms with Crippen molar-refractivity contribution in [1.82, 2.24) is 5.32 Å². The lowest BCUT2D eigenvalue weighted by Gasteiger charge is -2.38. The van der Waals surface area contributed by atoms with Crippen molar-refractivity contribution in [3.05, 3.63) is 32.7 Å². The molecule has 0 aromatic carbocycles. The molecule has 0 spiro atoms. The summed E-state index contributed by atoms with van der Waals surface area (Å²) >= 11 is 0. The van der Waals surface area contributed by atoms with Crippen LogP contribution in [0.15, 0.2) is 22.5 Å². The fourth-order valence-electron chi connectivity index (χ4n) is 4.04. The molecule has 8 nitrogen and oxygen atoms in total. The minimum atomic E-state index is -0.686. The molecule has 1 heterocycles. The summed E-state index contributed by atoms with van der Waals surface area (Å²) in [6, 6.07) is -0.686. The molecule has 0 amide bonds. The van der Waals surface area contributed by atoms with Gasteiger partial charge >= 0.3 is 5.97 Å². The van der Waals surface area contributed by atoms with Crippen LogP contribution in [0, 0.1) is 22.0 Å². The molecule has 8 heteroatoms. The minimum absolute atomic E-state index is 0.134. The van der Waals surface area contributed by atoms with Crippen molar-refractivity contribution < 1.29 is 24.2 Å². The van der Waals surface area contributed by atoms with Crippen LogP contribution in [0.3, 0.4) is 0 Å². The quantitative estimate of drug-likeness (QED) is 0.338. The Bertz CT molecular complexity index is 598. The zero-order chi connectivity index (χ0) is 18.6. The lowest BCUT2D eigenvalue weighted by molar-refractivity contribution is -0.537. The average molecular weight is 354 g/mol. The third-order valence-corrected chi connectivity index (χ3v) is 5.17. The van der Waals surface area contributed by atoms with E-state index in [-0.39, 0.29) is 17.4 Å². The normalized spacial score (nSPS) is 27.1. The Morgan fingerprint density at radius 2 is 1.92 bits per heavy atom. The molecule has 1 fully saturated rings. The van der Waals surface area contributed by atoms with Gasteiger partial charge in [0.25, 0.3) is 0 Å². The first-order valence-corrected chi connectivity index (χ1v) is 8.47. The fourth-order valence-corrected chi connectivity index (χ4v) is 4.04. The first kappa shape index (κ1) is 19.4. The molecule has 0 saturated heterocycles. The number of carbonyl (C=O) groups excluding carboxylic acids is 1. The highest BCUT2D eigenvalue weighted by atomic mass is 17.2. The summed E-state index contributed by atoms with van der Waals surface area (Å²) < 4.78 is 4.96. The Kier molecular flexibility index (Phi) is 6.55. The summed E-state index contributed by atoms with van der Waals surface area (Å²) in [6.07, 6.45) is 2.94. The molecule has 3 unspecified atom stereocenters. The van der Waals surface area contributed by atoms with Crippen LogP contribution in [0.2, 0.25) is 0 Å². The molecule has 25 heavy (non-hydrogen) atoms. The first-order chi connectivity index (χ1) is 11.9. The average Bonchev–Trinajstić information content (AvgIpc) is 2.59. The number of dihydropyridines is 1. The maximum Gasteiger partial charge on any atom is 0.336 e. The lowest BCUT2D eigenvalue weighted by atomic mass is 9.69. The zero-order valence-electron chi connectivity index (χ0n) is 15.2. The van der Waals surface area contributed by atoms with Gasteiger partial charge in [0.05, 0.1) is 19.8 Å². The number of ether oxygens (including phenoxy) is 1. The number of allylic oxidation sites excluding steroid dienone is 2. The van der Waals surface area contributed by atoms with Gasteiger partial charge in [-0.25, -0.2) is 14.6 Å². The van der Waals surface area contributed by atoms with Gasteiger partial charge in [-0.1, -0.05) is 6.42 Å². The number of hydrogen-bond donors (Lipinski definition) is 1. The van der Waals surface area contributed by atoms with Gasteiger partial charge in [0.2, 0.25) is 6.04 Å². The predicted molar refractivity (Wildman–Crippen MR) is 89.7 cm³/mol. The van der Waals surface area contributed by atoms with Crippen molar-refractivity contribution in [2.75, 3.05) is 20.8 Å². The van der Waals surface area contributed by atoms with Crippen molar-refractivity contribution in [3.8, 4) is 0 Å².